The van der Waals surface area contributed by atoms with E-state index in [0.29, 0.717) is 18.2 Å². The van der Waals surface area contributed by atoms with Crippen LogP contribution >= 0.6 is 11.6 Å². The van der Waals surface area contributed by atoms with Gasteiger partial charge in [0, 0.05) is 12.7 Å². The van der Waals surface area contributed by atoms with Crippen LogP contribution in [-0.4, -0.2) is 16.5 Å². The Labute approximate surface area is 122 Å². The zero-order valence-electron chi connectivity index (χ0n) is 11.1. The molecule has 1 N–H and O–H groups in total. The van der Waals surface area contributed by atoms with Crippen molar-refractivity contribution in [2.45, 2.75) is 19.9 Å². The molecule has 0 bridgehead atoms. The second kappa shape index (κ2) is 7.17. The van der Waals surface area contributed by atoms with E-state index < -0.39 is 5.82 Å². The van der Waals surface area contributed by atoms with E-state index in [1.165, 1.54) is 24.4 Å². The molecule has 0 fully saturated rings. The maximum atomic E-state index is 12.9. The topological polar surface area (TPSA) is 47.0 Å². The average molecular weight is 296 g/mol. The van der Waals surface area contributed by atoms with E-state index in [4.69, 9.17) is 16.3 Å². The Hall–Kier alpha value is -1.72. The molecule has 0 saturated heterocycles. The smallest absolute Gasteiger partial charge is 0.238 e. The lowest BCUT2D eigenvalue weighted by atomic mass is 10.3. The Morgan fingerprint density at radius 2 is 2.20 bits per heavy atom. The molecule has 1 heterocycles. The first-order chi connectivity index (χ1) is 9.69. The molecule has 0 aliphatic heterocycles. The van der Waals surface area contributed by atoms with Crippen LogP contribution in [0, 0.1) is 5.82 Å². The van der Waals surface area contributed by atoms with E-state index in [9.17, 15) is 4.39 Å². The second-order valence-corrected chi connectivity index (χ2v) is 4.61. The lowest BCUT2D eigenvalue weighted by molar-refractivity contribution is 0.455. The van der Waals surface area contributed by atoms with Gasteiger partial charge in [-0.25, -0.2) is 9.37 Å². The van der Waals surface area contributed by atoms with Crippen LogP contribution in [-0.2, 0) is 6.54 Å². The van der Waals surface area contributed by atoms with Crippen molar-refractivity contribution < 1.29 is 9.13 Å². The molecular weight excluding hydrogens is 281 g/mol. The van der Waals surface area contributed by atoms with Crippen molar-refractivity contribution in [3.63, 3.8) is 0 Å². The van der Waals surface area contributed by atoms with Crippen LogP contribution in [0.15, 0.2) is 30.6 Å². The summed E-state index contributed by atoms with van der Waals surface area (Å²) in [4.78, 5) is 8.37. The summed E-state index contributed by atoms with van der Waals surface area (Å²) in [6.07, 6.45) is 4.21. The lowest BCUT2D eigenvalue weighted by Gasteiger charge is -2.08. The predicted molar refractivity (Wildman–Crippen MR) is 75.5 cm³/mol. The number of ether oxygens (including phenoxy) is 1. The molecule has 2 aromatic rings. The summed E-state index contributed by atoms with van der Waals surface area (Å²) in [5.74, 6) is 0.265. The molecule has 4 nitrogen and oxygen atoms in total. The van der Waals surface area contributed by atoms with Crippen molar-refractivity contribution in [1.82, 2.24) is 15.3 Å². The summed E-state index contributed by atoms with van der Waals surface area (Å²) in [6.45, 7) is 3.63. The van der Waals surface area contributed by atoms with E-state index in [1.807, 2.05) is 0 Å². The Kier molecular flexibility index (Phi) is 5.26. The molecule has 0 unspecified atom stereocenters. The predicted octanol–water partition coefficient (Wildman–Crippen LogP) is 3.56. The quantitative estimate of drug-likeness (QED) is 0.828. The van der Waals surface area contributed by atoms with Crippen LogP contribution < -0.4 is 10.1 Å². The Morgan fingerprint density at radius 1 is 1.35 bits per heavy atom. The zero-order valence-corrected chi connectivity index (χ0v) is 11.8. The third kappa shape index (κ3) is 4.15. The highest BCUT2D eigenvalue weighted by molar-refractivity contribution is 6.32. The highest BCUT2D eigenvalue weighted by atomic mass is 35.5. The third-order valence-corrected chi connectivity index (χ3v) is 2.80. The van der Waals surface area contributed by atoms with Crippen molar-refractivity contribution in [2.24, 2.45) is 0 Å². The summed E-state index contributed by atoms with van der Waals surface area (Å²) in [5.41, 5.74) is 0.772. The van der Waals surface area contributed by atoms with E-state index in [1.54, 1.807) is 6.20 Å². The van der Waals surface area contributed by atoms with Gasteiger partial charge in [-0.2, -0.15) is 0 Å². The first-order valence-electron chi connectivity index (χ1n) is 6.33. The maximum absolute atomic E-state index is 12.9. The normalized spacial score (nSPS) is 10.6. The minimum atomic E-state index is -0.411. The van der Waals surface area contributed by atoms with E-state index in [-0.39, 0.29) is 5.02 Å². The molecule has 1 aromatic carbocycles. The first kappa shape index (κ1) is 14.7. The molecule has 1 aromatic heterocycles. The largest absolute Gasteiger partial charge is 0.436 e. The summed E-state index contributed by atoms with van der Waals surface area (Å²) >= 11 is 5.90. The fraction of sp³-hybridized carbons (Fsp3) is 0.286. The van der Waals surface area contributed by atoms with Gasteiger partial charge in [0.15, 0.2) is 0 Å². The Balaban J connectivity index is 2.07. The van der Waals surface area contributed by atoms with Crippen molar-refractivity contribution in [1.29, 1.82) is 0 Å². The molecule has 20 heavy (non-hydrogen) atoms. The maximum Gasteiger partial charge on any atom is 0.238 e. The SMILES string of the molecule is CCCNCc1cncc(Oc2ccc(F)cc2Cl)n1. The molecule has 0 atom stereocenters. The number of halogens is 2. The summed E-state index contributed by atoms with van der Waals surface area (Å²) in [6, 6.07) is 3.93. The standard InChI is InChI=1S/C14H15ClFN3O/c1-2-5-17-7-11-8-18-9-14(19-11)20-13-4-3-10(16)6-12(13)15/h3-4,6,8-9,17H,2,5,7H2,1H3. The fourth-order valence-electron chi connectivity index (χ4n) is 1.58. The number of aromatic nitrogens is 2. The Bertz CT molecular complexity index is 580. The van der Waals surface area contributed by atoms with Gasteiger partial charge in [0.25, 0.3) is 0 Å². The molecule has 6 heteroatoms. The third-order valence-electron chi connectivity index (χ3n) is 2.50. The van der Waals surface area contributed by atoms with Gasteiger partial charge in [-0.3, -0.25) is 4.98 Å². The molecule has 0 radical (unpaired) electrons. The van der Waals surface area contributed by atoms with Crippen LogP contribution in [0.4, 0.5) is 4.39 Å². The van der Waals surface area contributed by atoms with Crippen LogP contribution in [0.2, 0.25) is 5.02 Å². The number of benzene rings is 1. The number of nitrogens with one attached hydrogen (secondary N) is 1. The van der Waals surface area contributed by atoms with Gasteiger partial charge in [0.05, 0.1) is 16.9 Å². The fourth-order valence-corrected chi connectivity index (χ4v) is 1.79. The molecule has 0 aliphatic carbocycles. The van der Waals surface area contributed by atoms with Gasteiger partial charge in [-0.1, -0.05) is 18.5 Å². The Morgan fingerprint density at radius 3 is 2.95 bits per heavy atom. The van der Waals surface area contributed by atoms with Crippen LogP contribution in [0.25, 0.3) is 0 Å². The van der Waals surface area contributed by atoms with Crippen LogP contribution in [0.1, 0.15) is 19.0 Å². The number of nitrogens with zero attached hydrogens (tertiary/aromatic N) is 2. The van der Waals surface area contributed by atoms with E-state index in [2.05, 4.69) is 22.2 Å². The second-order valence-electron chi connectivity index (χ2n) is 4.20. The average Bonchev–Trinajstić information content (AvgIpc) is 2.43. The molecule has 2 rings (SSSR count). The first-order valence-corrected chi connectivity index (χ1v) is 6.71. The molecule has 0 spiro atoms. The summed E-state index contributed by atoms with van der Waals surface area (Å²) < 4.78 is 18.5. The van der Waals surface area contributed by atoms with Crippen molar-refractivity contribution in [3.05, 3.63) is 47.1 Å². The minimum Gasteiger partial charge on any atom is -0.436 e. The number of hydrogen-bond donors (Lipinski definition) is 1. The van der Waals surface area contributed by atoms with Crippen LogP contribution in [0.5, 0.6) is 11.6 Å². The molecule has 0 aliphatic rings. The highest BCUT2D eigenvalue weighted by Crippen LogP contribution is 2.28. The van der Waals surface area contributed by atoms with Gasteiger partial charge in [0.2, 0.25) is 5.88 Å². The van der Waals surface area contributed by atoms with E-state index >= 15 is 0 Å². The van der Waals surface area contributed by atoms with Crippen molar-refractivity contribution in [2.75, 3.05) is 6.54 Å². The van der Waals surface area contributed by atoms with Gasteiger partial charge in [-0.05, 0) is 31.2 Å². The lowest BCUT2D eigenvalue weighted by Crippen LogP contribution is -2.15. The molecule has 0 amide bonds. The van der Waals surface area contributed by atoms with Crippen LogP contribution in [0.3, 0.4) is 0 Å². The zero-order chi connectivity index (χ0) is 14.4. The number of rotatable bonds is 6. The monoisotopic (exact) mass is 295 g/mol. The molecular formula is C14H15ClFN3O. The summed E-state index contributed by atoms with van der Waals surface area (Å²) in [7, 11) is 0. The van der Waals surface area contributed by atoms with Crippen molar-refractivity contribution in [3.8, 4) is 11.6 Å². The van der Waals surface area contributed by atoms with E-state index in [0.717, 1.165) is 18.7 Å². The van der Waals surface area contributed by atoms with Gasteiger partial charge in [-0.15, -0.1) is 0 Å². The van der Waals surface area contributed by atoms with Crippen molar-refractivity contribution >= 4 is 11.6 Å². The molecule has 106 valence electrons. The highest BCUT2D eigenvalue weighted by Gasteiger charge is 2.06. The molecule has 0 saturated carbocycles. The summed E-state index contributed by atoms with van der Waals surface area (Å²) in [5, 5.41) is 3.42. The number of hydrogen-bond acceptors (Lipinski definition) is 4. The van der Waals surface area contributed by atoms with Gasteiger partial charge < -0.3 is 10.1 Å². The van der Waals surface area contributed by atoms with Gasteiger partial charge in [0.1, 0.15) is 11.6 Å². The van der Waals surface area contributed by atoms with Gasteiger partial charge >= 0.3 is 0 Å². The minimum absolute atomic E-state index is 0.196.